The van der Waals surface area contributed by atoms with E-state index < -0.39 is 16.5 Å². The van der Waals surface area contributed by atoms with Crippen molar-refractivity contribution in [3.8, 4) is 0 Å². The largest absolute Gasteiger partial charge is 0.466 e. The molecule has 0 bridgehead atoms. The molecule has 3 rings (SSSR count). The molecule has 2 heterocycles. The van der Waals surface area contributed by atoms with Crippen LogP contribution in [0.5, 0.6) is 0 Å². The fraction of sp³-hybridized carbons (Fsp3) is 0.214. The van der Waals surface area contributed by atoms with Crippen molar-refractivity contribution < 1.29 is 22.0 Å². The van der Waals surface area contributed by atoms with Crippen molar-refractivity contribution in [2.75, 3.05) is 7.11 Å². The number of nitrogens with one attached hydrogen (secondary N) is 1. The summed E-state index contributed by atoms with van der Waals surface area (Å²) in [6.07, 6.45) is 4.33. The molecule has 1 aliphatic rings. The molecule has 2 aromatic heterocycles. The zero-order valence-corrected chi connectivity index (χ0v) is 13.6. The highest BCUT2D eigenvalue weighted by atomic mass is 32.3. The summed E-state index contributed by atoms with van der Waals surface area (Å²) < 4.78 is 39.7. The highest BCUT2D eigenvalue weighted by Gasteiger charge is 2.27. The molecule has 0 aromatic carbocycles. The molecule has 0 saturated carbocycles. The zero-order chi connectivity index (χ0) is 17.3. The lowest BCUT2D eigenvalue weighted by Crippen LogP contribution is -2.27. The van der Waals surface area contributed by atoms with Gasteiger partial charge >= 0.3 is 10.4 Å². The third-order valence-corrected chi connectivity index (χ3v) is 3.58. The topological polar surface area (TPSA) is 127 Å². The molecular weight excluding hydrogens is 336 g/mol. The van der Waals surface area contributed by atoms with Gasteiger partial charge in [-0.2, -0.15) is 8.42 Å². The van der Waals surface area contributed by atoms with E-state index in [9.17, 15) is 8.42 Å². The molecule has 0 radical (unpaired) electrons. The van der Waals surface area contributed by atoms with E-state index in [0.717, 1.165) is 11.1 Å². The van der Waals surface area contributed by atoms with Gasteiger partial charge in [0.1, 0.15) is 17.6 Å². The van der Waals surface area contributed by atoms with Gasteiger partial charge in [-0.25, -0.2) is 14.3 Å². The van der Waals surface area contributed by atoms with Crippen LogP contribution in [-0.4, -0.2) is 46.8 Å². The Balaban J connectivity index is 2.04. The van der Waals surface area contributed by atoms with E-state index >= 15 is 0 Å². The molecule has 1 aliphatic carbocycles. The fourth-order valence-electron chi connectivity index (χ4n) is 2.42. The van der Waals surface area contributed by atoms with Crippen LogP contribution in [0.1, 0.15) is 12.7 Å². The van der Waals surface area contributed by atoms with E-state index in [1.54, 1.807) is 25.3 Å². The minimum absolute atomic E-state index is 0.179. The molecule has 2 aromatic rings. The Morgan fingerprint density at radius 2 is 2.17 bits per heavy atom. The van der Waals surface area contributed by atoms with Crippen molar-refractivity contribution >= 4 is 32.8 Å². The molecule has 1 atom stereocenters. The lowest BCUT2D eigenvalue weighted by atomic mass is 9.95. The van der Waals surface area contributed by atoms with E-state index in [4.69, 9.17) is 9.29 Å². The highest BCUT2D eigenvalue weighted by molar-refractivity contribution is 7.80. The molecule has 10 heteroatoms. The summed E-state index contributed by atoms with van der Waals surface area (Å²) in [7, 11) is -3.26. The maximum atomic E-state index is 10.7. The van der Waals surface area contributed by atoms with Crippen LogP contribution in [0.4, 0.5) is 0 Å². The minimum Gasteiger partial charge on any atom is -0.370 e. The fourth-order valence-corrected chi connectivity index (χ4v) is 2.60. The molecule has 1 unspecified atom stereocenters. The SMILES string of the molecule is COC1C(c2nc3ncccc3[nH]2)=CC(C)=CC1=NOS(=O)(=O)O. The lowest BCUT2D eigenvalue weighted by Gasteiger charge is -2.21. The number of aromatic nitrogens is 3. The number of hydrogen-bond donors (Lipinski definition) is 2. The Labute approximate surface area is 137 Å². The summed E-state index contributed by atoms with van der Waals surface area (Å²) in [5.41, 5.74) is 2.89. The first-order valence-corrected chi connectivity index (χ1v) is 8.21. The second-order valence-electron chi connectivity index (χ2n) is 5.08. The van der Waals surface area contributed by atoms with Gasteiger partial charge in [0.25, 0.3) is 0 Å². The van der Waals surface area contributed by atoms with Crippen molar-refractivity contribution in [3.63, 3.8) is 0 Å². The standard InChI is InChI=1S/C14H14N4O5S/c1-8-6-9(13-16-10-4-3-5-15-14(10)17-13)12(22-2)11(7-8)18-23-24(19,20)21/h3-7,12H,1-2H3,(H,15,16,17)(H,19,20,21). The Bertz CT molecular complexity index is 941. The maximum Gasteiger partial charge on any atom is 0.466 e. The number of allylic oxidation sites excluding steroid dienone is 2. The number of aromatic amines is 1. The first-order valence-electron chi connectivity index (χ1n) is 6.85. The second kappa shape index (κ2) is 6.15. The predicted molar refractivity (Wildman–Crippen MR) is 86.5 cm³/mol. The number of fused-ring (bicyclic) bond motifs is 1. The second-order valence-corrected chi connectivity index (χ2v) is 6.09. The number of rotatable bonds is 4. The van der Waals surface area contributed by atoms with E-state index in [1.165, 1.54) is 7.11 Å². The van der Waals surface area contributed by atoms with E-state index in [-0.39, 0.29) is 5.71 Å². The van der Waals surface area contributed by atoms with Gasteiger partial charge in [0.15, 0.2) is 5.65 Å². The Morgan fingerprint density at radius 3 is 2.83 bits per heavy atom. The lowest BCUT2D eigenvalue weighted by molar-refractivity contribution is 0.192. The summed E-state index contributed by atoms with van der Waals surface area (Å²) in [4.78, 5) is 11.7. The summed E-state index contributed by atoms with van der Waals surface area (Å²) in [5.74, 6) is 0.516. The van der Waals surface area contributed by atoms with Crippen LogP contribution in [0, 0.1) is 0 Å². The molecule has 126 valence electrons. The predicted octanol–water partition coefficient (Wildman–Crippen LogP) is 1.49. The third kappa shape index (κ3) is 3.35. The van der Waals surface area contributed by atoms with Gasteiger partial charge in [0, 0.05) is 18.9 Å². The average Bonchev–Trinajstić information content (AvgIpc) is 2.95. The quantitative estimate of drug-likeness (QED) is 0.632. The van der Waals surface area contributed by atoms with Crippen LogP contribution in [0.2, 0.25) is 0 Å². The maximum absolute atomic E-state index is 10.7. The normalized spacial score (nSPS) is 20.1. The monoisotopic (exact) mass is 350 g/mol. The molecule has 0 saturated heterocycles. The van der Waals surface area contributed by atoms with Crippen molar-refractivity contribution in [2.45, 2.75) is 13.0 Å². The Hall–Kier alpha value is -2.56. The minimum atomic E-state index is -4.70. The van der Waals surface area contributed by atoms with Crippen molar-refractivity contribution in [1.82, 2.24) is 15.0 Å². The third-order valence-electron chi connectivity index (χ3n) is 3.31. The molecule has 0 aliphatic heterocycles. The van der Waals surface area contributed by atoms with Gasteiger partial charge in [-0.15, -0.1) is 0 Å². The summed E-state index contributed by atoms with van der Waals surface area (Å²) in [6, 6.07) is 3.62. The van der Waals surface area contributed by atoms with Crippen LogP contribution >= 0.6 is 0 Å². The van der Waals surface area contributed by atoms with E-state index in [0.29, 0.717) is 17.0 Å². The average molecular weight is 350 g/mol. The summed E-state index contributed by atoms with van der Waals surface area (Å²) in [6.45, 7) is 1.80. The first-order chi connectivity index (χ1) is 11.4. The molecule has 2 N–H and O–H groups in total. The summed E-state index contributed by atoms with van der Waals surface area (Å²) in [5, 5.41) is 3.47. The Kier molecular flexibility index (Phi) is 4.18. The van der Waals surface area contributed by atoms with Gasteiger partial charge in [-0.05, 0) is 36.8 Å². The van der Waals surface area contributed by atoms with Crippen LogP contribution in [-0.2, 0) is 19.4 Å². The van der Waals surface area contributed by atoms with Gasteiger partial charge in [-0.3, -0.25) is 4.55 Å². The molecule has 24 heavy (non-hydrogen) atoms. The molecule has 0 spiro atoms. The number of H-pyrrole nitrogens is 1. The number of methoxy groups -OCH3 is 1. The number of pyridine rings is 1. The van der Waals surface area contributed by atoms with Crippen LogP contribution in [0.3, 0.4) is 0 Å². The molecule has 0 fully saturated rings. The van der Waals surface area contributed by atoms with E-state index in [2.05, 4.69) is 24.4 Å². The van der Waals surface area contributed by atoms with Crippen molar-refractivity contribution in [3.05, 3.63) is 41.9 Å². The number of oxime groups is 1. The number of hydrogen-bond acceptors (Lipinski definition) is 7. The van der Waals surface area contributed by atoms with Gasteiger partial charge < -0.3 is 9.72 Å². The van der Waals surface area contributed by atoms with Crippen molar-refractivity contribution in [2.24, 2.45) is 5.16 Å². The highest BCUT2D eigenvalue weighted by Crippen LogP contribution is 2.27. The van der Waals surface area contributed by atoms with Gasteiger partial charge in [0.05, 0.1) is 5.52 Å². The summed E-state index contributed by atoms with van der Waals surface area (Å²) >= 11 is 0. The van der Waals surface area contributed by atoms with Crippen LogP contribution < -0.4 is 0 Å². The Morgan fingerprint density at radius 1 is 1.38 bits per heavy atom. The molecule has 0 amide bonds. The van der Waals surface area contributed by atoms with Crippen molar-refractivity contribution in [1.29, 1.82) is 0 Å². The number of imidazole rings is 1. The number of nitrogens with zero attached hydrogens (tertiary/aromatic N) is 3. The van der Waals surface area contributed by atoms with Crippen LogP contribution in [0.15, 0.2) is 41.2 Å². The number of ether oxygens (including phenoxy) is 1. The van der Waals surface area contributed by atoms with Crippen LogP contribution in [0.25, 0.3) is 16.7 Å². The van der Waals surface area contributed by atoms with E-state index in [1.807, 2.05) is 12.1 Å². The first kappa shape index (κ1) is 16.3. The van der Waals surface area contributed by atoms with Gasteiger partial charge in [0.2, 0.25) is 0 Å². The molecule has 9 nitrogen and oxygen atoms in total. The van der Waals surface area contributed by atoms with Gasteiger partial charge in [-0.1, -0.05) is 5.16 Å². The smallest absolute Gasteiger partial charge is 0.370 e. The molecular formula is C14H14N4O5S. The zero-order valence-electron chi connectivity index (χ0n) is 12.8.